The van der Waals surface area contributed by atoms with Gasteiger partial charge in [-0.05, 0) is 18.4 Å². The Morgan fingerprint density at radius 3 is 2.72 bits per heavy atom. The van der Waals surface area contributed by atoms with Gasteiger partial charge < -0.3 is 4.74 Å². The first-order valence-electron chi connectivity index (χ1n) is 5.12. The molecule has 96 valence electrons. The third-order valence-corrected chi connectivity index (χ3v) is 2.57. The van der Waals surface area contributed by atoms with E-state index in [4.69, 9.17) is 0 Å². The maximum absolute atomic E-state index is 11.4. The fourth-order valence-corrected chi connectivity index (χ4v) is 1.58. The largest absolute Gasteiger partial charge is 0.463 e. The first-order valence-corrected chi connectivity index (χ1v) is 6.00. The van der Waals surface area contributed by atoms with Crippen molar-refractivity contribution in [3.63, 3.8) is 0 Å². The Morgan fingerprint density at radius 1 is 1.33 bits per heavy atom. The smallest absolute Gasteiger partial charge is 0.330 e. The second-order valence-electron chi connectivity index (χ2n) is 3.01. The molecule has 0 aliphatic rings. The lowest BCUT2D eigenvalue weighted by Gasteiger charge is -2.02. The van der Waals surface area contributed by atoms with Crippen LogP contribution in [0.4, 0.5) is 0 Å². The van der Waals surface area contributed by atoms with Crippen molar-refractivity contribution in [3.05, 3.63) is 34.5 Å². The van der Waals surface area contributed by atoms with Gasteiger partial charge in [-0.1, -0.05) is 6.07 Å². The molecule has 0 aromatic carbocycles. The van der Waals surface area contributed by atoms with E-state index in [2.05, 4.69) is 15.6 Å². The molecule has 2 N–H and O–H groups in total. The third-order valence-electron chi connectivity index (χ3n) is 1.70. The predicted octanol–water partition coefficient (Wildman–Crippen LogP) is 0.628. The number of carbonyl (C=O) groups excluding carboxylic acids is 3. The van der Waals surface area contributed by atoms with Gasteiger partial charge in [-0.2, -0.15) is 0 Å². The molecule has 18 heavy (non-hydrogen) atoms. The molecule has 0 radical (unpaired) electrons. The lowest BCUT2D eigenvalue weighted by Crippen LogP contribution is -2.40. The molecule has 0 unspecified atom stereocenters. The maximum Gasteiger partial charge on any atom is 0.330 e. The number of hydrazine groups is 1. The number of thiophene rings is 1. The first-order chi connectivity index (χ1) is 8.63. The van der Waals surface area contributed by atoms with E-state index in [1.165, 1.54) is 11.3 Å². The molecule has 1 rings (SSSR count). The number of carbonyl (C=O) groups is 3. The highest BCUT2D eigenvalue weighted by Crippen LogP contribution is 2.06. The van der Waals surface area contributed by atoms with Gasteiger partial charge in [0, 0.05) is 12.2 Å². The Bertz CT molecular complexity index is 454. The molecule has 6 nitrogen and oxygen atoms in total. The van der Waals surface area contributed by atoms with Crippen LogP contribution >= 0.6 is 11.3 Å². The second kappa shape index (κ2) is 7.23. The van der Waals surface area contributed by atoms with Crippen molar-refractivity contribution in [2.45, 2.75) is 6.92 Å². The van der Waals surface area contributed by atoms with Crippen molar-refractivity contribution in [2.24, 2.45) is 0 Å². The van der Waals surface area contributed by atoms with Crippen LogP contribution in [0.1, 0.15) is 16.6 Å². The molecule has 0 fully saturated rings. The molecule has 0 aliphatic carbocycles. The van der Waals surface area contributed by atoms with E-state index in [9.17, 15) is 14.4 Å². The fourth-order valence-electron chi connectivity index (χ4n) is 0.963. The third kappa shape index (κ3) is 4.79. The Kier molecular flexibility index (Phi) is 5.59. The average Bonchev–Trinajstić information content (AvgIpc) is 2.87. The van der Waals surface area contributed by atoms with Crippen molar-refractivity contribution in [2.75, 3.05) is 6.61 Å². The Balaban J connectivity index is 2.33. The zero-order valence-corrected chi connectivity index (χ0v) is 10.5. The maximum atomic E-state index is 11.4. The van der Waals surface area contributed by atoms with E-state index < -0.39 is 17.8 Å². The molecular weight excluding hydrogens is 256 g/mol. The van der Waals surface area contributed by atoms with Crippen molar-refractivity contribution in [1.82, 2.24) is 10.9 Å². The van der Waals surface area contributed by atoms with Gasteiger partial charge in [0.05, 0.1) is 11.5 Å². The van der Waals surface area contributed by atoms with Crippen LogP contribution in [-0.2, 0) is 14.3 Å². The number of nitrogens with one attached hydrogen (secondary N) is 2. The molecule has 0 bridgehead atoms. The van der Waals surface area contributed by atoms with Gasteiger partial charge in [0.2, 0.25) is 0 Å². The molecular formula is C11H12N2O4S. The summed E-state index contributed by atoms with van der Waals surface area (Å²) in [6.45, 7) is 1.90. The topological polar surface area (TPSA) is 84.5 Å². The van der Waals surface area contributed by atoms with E-state index in [1.54, 1.807) is 24.4 Å². The molecule has 1 aromatic rings. The first kappa shape index (κ1) is 13.9. The highest BCUT2D eigenvalue weighted by Gasteiger charge is 2.06. The molecule has 0 saturated carbocycles. The summed E-state index contributed by atoms with van der Waals surface area (Å²) in [6.07, 6.45) is 1.96. The van der Waals surface area contributed by atoms with Gasteiger partial charge in [0.25, 0.3) is 11.8 Å². The van der Waals surface area contributed by atoms with Crippen LogP contribution in [-0.4, -0.2) is 24.4 Å². The van der Waals surface area contributed by atoms with Crippen LogP contribution in [0.25, 0.3) is 0 Å². The minimum Gasteiger partial charge on any atom is -0.463 e. The standard InChI is InChI=1S/C11H12N2O4S/c1-2-17-10(15)6-5-9(14)12-13-11(16)8-4-3-7-18-8/h3-7H,2H2,1H3,(H,12,14)(H,13,16)/b6-5-. The van der Waals surface area contributed by atoms with Crippen molar-refractivity contribution in [3.8, 4) is 0 Å². The van der Waals surface area contributed by atoms with Crippen molar-refractivity contribution < 1.29 is 19.1 Å². The van der Waals surface area contributed by atoms with Crippen LogP contribution in [0.2, 0.25) is 0 Å². The monoisotopic (exact) mass is 268 g/mol. The molecule has 0 spiro atoms. The molecule has 0 aliphatic heterocycles. The minimum atomic E-state index is -0.618. The molecule has 0 atom stereocenters. The van der Waals surface area contributed by atoms with Gasteiger partial charge in [0.1, 0.15) is 0 Å². The predicted molar refractivity (Wildman–Crippen MR) is 65.7 cm³/mol. The molecule has 7 heteroatoms. The summed E-state index contributed by atoms with van der Waals surface area (Å²) in [5, 5.41) is 1.75. The summed E-state index contributed by atoms with van der Waals surface area (Å²) >= 11 is 1.25. The summed E-state index contributed by atoms with van der Waals surface area (Å²) in [5.74, 6) is -1.65. The van der Waals surface area contributed by atoms with Crippen LogP contribution in [0, 0.1) is 0 Å². The summed E-state index contributed by atoms with van der Waals surface area (Å²) in [4.78, 5) is 34.0. The molecule has 0 saturated heterocycles. The number of rotatable bonds is 4. The van der Waals surface area contributed by atoms with Crippen LogP contribution < -0.4 is 10.9 Å². The zero-order valence-electron chi connectivity index (χ0n) is 9.64. The lowest BCUT2D eigenvalue weighted by atomic mass is 10.4. The number of ether oxygens (including phenoxy) is 1. The molecule has 2 amide bonds. The fraction of sp³-hybridized carbons (Fsp3) is 0.182. The summed E-state index contributed by atoms with van der Waals surface area (Å²) < 4.78 is 4.59. The molecule has 1 aromatic heterocycles. The molecule has 1 heterocycles. The summed E-state index contributed by atoms with van der Waals surface area (Å²) in [7, 11) is 0. The minimum absolute atomic E-state index is 0.236. The highest BCUT2D eigenvalue weighted by atomic mass is 32.1. The summed E-state index contributed by atoms with van der Waals surface area (Å²) in [5.41, 5.74) is 4.35. The van der Waals surface area contributed by atoms with E-state index in [0.29, 0.717) is 4.88 Å². The Morgan fingerprint density at radius 2 is 2.11 bits per heavy atom. The van der Waals surface area contributed by atoms with E-state index in [1.807, 2.05) is 0 Å². The Labute approximate surface area is 108 Å². The zero-order chi connectivity index (χ0) is 13.4. The normalized spacial score (nSPS) is 10.1. The SMILES string of the molecule is CCOC(=O)/C=C\C(=O)NNC(=O)c1cccs1. The van der Waals surface area contributed by atoms with Gasteiger partial charge in [0.15, 0.2) is 0 Å². The average molecular weight is 268 g/mol. The summed E-state index contributed by atoms with van der Waals surface area (Å²) in [6, 6.07) is 3.35. The van der Waals surface area contributed by atoms with Gasteiger partial charge >= 0.3 is 5.97 Å². The van der Waals surface area contributed by atoms with E-state index in [-0.39, 0.29) is 6.61 Å². The Hall–Kier alpha value is -2.15. The number of amides is 2. The van der Waals surface area contributed by atoms with Gasteiger partial charge in [-0.25, -0.2) is 4.79 Å². The van der Waals surface area contributed by atoms with E-state index in [0.717, 1.165) is 12.2 Å². The van der Waals surface area contributed by atoms with E-state index >= 15 is 0 Å². The van der Waals surface area contributed by atoms with Gasteiger partial charge in [-0.3, -0.25) is 20.4 Å². The van der Waals surface area contributed by atoms with Gasteiger partial charge in [-0.15, -0.1) is 11.3 Å². The lowest BCUT2D eigenvalue weighted by molar-refractivity contribution is -0.137. The number of hydrogen-bond acceptors (Lipinski definition) is 5. The van der Waals surface area contributed by atoms with Crippen molar-refractivity contribution in [1.29, 1.82) is 0 Å². The van der Waals surface area contributed by atoms with Crippen LogP contribution in [0.5, 0.6) is 0 Å². The quantitative estimate of drug-likeness (QED) is 0.476. The highest BCUT2D eigenvalue weighted by molar-refractivity contribution is 7.12. The van der Waals surface area contributed by atoms with Crippen molar-refractivity contribution >= 4 is 29.1 Å². The number of hydrogen-bond donors (Lipinski definition) is 2. The second-order valence-corrected chi connectivity index (χ2v) is 3.95. The van der Waals surface area contributed by atoms with Crippen LogP contribution in [0.3, 0.4) is 0 Å². The number of esters is 1. The van der Waals surface area contributed by atoms with Crippen LogP contribution in [0.15, 0.2) is 29.7 Å².